The Hall–Kier alpha value is -1.52. The summed E-state index contributed by atoms with van der Waals surface area (Å²) in [7, 11) is 1.66. The van der Waals surface area contributed by atoms with E-state index in [-0.39, 0.29) is 12.1 Å². The Morgan fingerprint density at radius 1 is 1.30 bits per heavy atom. The van der Waals surface area contributed by atoms with E-state index in [2.05, 4.69) is 5.32 Å². The topological polar surface area (TPSA) is 54.6 Å². The molecule has 3 rings (SSSR count). The van der Waals surface area contributed by atoms with Crippen molar-refractivity contribution in [3.8, 4) is 5.75 Å². The van der Waals surface area contributed by atoms with Gasteiger partial charge in [0.05, 0.1) is 19.8 Å². The van der Waals surface area contributed by atoms with Gasteiger partial charge in [-0.15, -0.1) is 0 Å². The van der Waals surface area contributed by atoms with E-state index in [1.165, 1.54) is 6.42 Å². The van der Waals surface area contributed by atoms with E-state index in [9.17, 15) is 5.11 Å². The molecule has 1 aromatic heterocycles. The highest BCUT2D eigenvalue weighted by Crippen LogP contribution is 2.25. The molecular formula is C16H21NO3. The average Bonchev–Trinajstić information content (AvgIpc) is 2.88. The first kappa shape index (κ1) is 13.5. The molecule has 2 atom stereocenters. The van der Waals surface area contributed by atoms with Gasteiger partial charge < -0.3 is 19.6 Å². The molecule has 4 nitrogen and oxygen atoms in total. The molecule has 2 N–H and O–H groups in total. The van der Waals surface area contributed by atoms with Crippen LogP contribution in [0.15, 0.2) is 28.7 Å². The van der Waals surface area contributed by atoms with Crippen molar-refractivity contribution < 1.29 is 14.3 Å². The van der Waals surface area contributed by atoms with Crippen LogP contribution in [-0.2, 0) is 6.54 Å². The average molecular weight is 275 g/mol. The van der Waals surface area contributed by atoms with Gasteiger partial charge in [-0.05, 0) is 37.1 Å². The third-order valence-electron chi connectivity index (χ3n) is 4.04. The van der Waals surface area contributed by atoms with Crippen molar-refractivity contribution in [3.05, 3.63) is 30.0 Å². The fraction of sp³-hybridized carbons (Fsp3) is 0.500. The van der Waals surface area contributed by atoms with E-state index in [0.29, 0.717) is 6.54 Å². The molecule has 0 saturated heterocycles. The zero-order chi connectivity index (χ0) is 13.9. The van der Waals surface area contributed by atoms with Crippen LogP contribution in [0.1, 0.15) is 31.4 Å². The Kier molecular flexibility index (Phi) is 3.94. The number of methoxy groups -OCH3 is 1. The molecule has 0 spiro atoms. The summed E-state index contributed by atoms with van der Waals surface area (Å²) in [5.41, 5.74) is 0.867. The van der Waals surface area contributed by atoms with Crippen LogP contribution in [0.2, 0.25) is 0 Å². The van der Waals surface area contributed by atoms with Gasteiger partial charge in [0.25, 0.3) is 0 Å². The third kappa shape index (κ3) is 2.81. The number of ether oxygens (including phenoxy) is 1. The largest absolute Gasteiger partial charge is 0.497 e. The maximum atomic E-state index is 9.95. The second-order valence-corrected chi connectivity index (χ2v) is 5.46. The van der Waals surface area contributed by atoms with Gasteiger partial charge in [0.15, 0.2) is 0 Å². The molecule has 1 heterocycles. The predicted molar refractivity (Wildman–Crippen MR) is 77.9 cm³/mol. The normalized spacial score (nSPS) is 23.1. The SMILES string of the molecule is COc1ccc2oc(CNC3CCCCC3O)cc2c1. The number of furan rings is 1. The first-order chi connectivity index (χ1) is 9.76. The van der Waals surface area contributed by atoms with Gasteiger partial charge in [-0.1, -0.05) is 12.8 Å². The van der Waals surface area contributed by atoms with Crippen LogP contribution < -0.4 is 10.1 Å². The smallest absolute Gasteiger partial charge is 0.134 e. The van der Waals surface area contributed by atoms with Crippen LogP contribution in [0.4, 0.5) is 0 Å². The molecule has 20 heavy (non-hydrogen) atoms. The van der Waals surface area contributed by atoms with Crippen molar-refractivity contribution in [3.63, 3.8) is 0 Å². The summed E-state index contributed by atoms with van der Waals surface area (Å²) in [6, 6.07) is 8.00. The Morgan fingerprint density at radius 3 is 2.95 bits per heavy atom. The number of aliphatic hydroxyl groups is 1. The van der Waals surface area contributed by atoms with Crippen LogP contribution in [0.25, 0.3) is 11.0 Å². The highest BCUT2D eigenvalue weighted by molar-refractivity contribution is 5.79. The highest BCUT2D eigenvalue weighted by atomic mass is 16.5. The first-order valence-electron chi connectivity index (χ1n) is 7.24. The monoisotopic (exact) mass is 275 g/mol. The number of rotatable bonds is 4. The molecule has 1 aromatic carbocycles. The lowest BCUT2D eigenvalue weighted by Gasteiger charge is -2.28. The summed E-state index contributed by atoms with van der Waals surface area (Å²) in [5, 5.41) is 14.4. The molecule has 1 fully saturated rings. The molecule has 1 saturated carbocycles. The van der Waals surface area contributed by atoms with Gasteiger partial charge in [0.2, 0.25) is 0 Å². The van der Waals surface area contributed by atoms with E-state index in [4.69, 9.17) is 9.15 Å². The number of aliphatic hydroxyl groups excluding tert-OH is 1. The molecule has 1 aliphatic rings. The summed E-state index contributed by atoms with van der Waals surface area (Å²) in [6.07, 6.45) is 4.02. The third-order valence-corrected chi connectivity index (χ3v) is 4.04. The lowest BCUT2D eigenvalue weighted by Crippen LogP contribution is -2.41. The van der Waals surface area contributed by atoms with Crippen molar-refractivity contribution >= 4 is 11.0 Å². The number of hydrogen-bond acceptors (Lipinski definition) is 4. The molecule has 0 radical (unpaired) electrons. The lowest BCUT2D eigenvalue weighted by molar-refractivity contribution is 0.0894. The maximum Gasteiger partial charge on any atom is 0.134 e. The first-order valence-corrected chi connectivity index (χ1v) is 7.24. The van der Waals surface area contributed by atoms with Crippen LogP contribution in [-0.4, -0.2) is 24.4 Å². The molecule has 2 aromatic rings. The van der Waals surface area contributed by atoms with Gasteiger partial charge >= 0.3 is 0 Å². The molecule has 0 amide bonds. The standard InChI is InChI=1S/C16H21NO3/c1-19-12-6-7-16-11(8-12)9-13(20-16)10-17-14-4-2-3-5-15(14)18/h6-9,14-15,17-18H,2-5,10H2,1H3. The Morgan fingerprint density at radius 2 is 2.15 bits per heavy atom. The number of fused-ring (bicyclic) bond motifs is 1. The van der Waals surface area contributed by atoms with E-state index >= 15 is 0 Å². The number of benzene rings is 1. The van der Waals surface area contributed by atoms with Gasteiger partial charge in [0.1, 0.15) is 17.1 Å². The molecule has 4 heteroatoms. The number of nitrogens with one attached hydrogen (secondary N) is 1. The minimum atomic E-state index is -0.228. The van der Waals surface area contributed by atoms with Crippen molar-refractivity contribution in [1.82, 2.24) is 5.32 Å². The quantitative estimate of drug-likeness (QED) is 0.901. The second-order valence-electron chi connectivity index (χ2n) is 5.46. The highest BCUT2D eigenvalue weighted by Gasteiger charge is 2.22. The van der Waals surface area contributed by atoms with Crippen molar-refractivity contribution in [2.45, 2.75) is 44.4 Å². The van der Waals surface area contributed by atoms with Gasteiger partial charge in [-0.25, -0.2) is 0 Å². The van der Waals surface area contributed by atoms with Crippen molar-refractivity contribution in [1.29, 1.82) is 0 Å². The summed E-state index contributed by atoms with van der Waals surface area (Å²) in [6.45, 7) is 0.652. The summed E-state index contributed by atoms with van der Waals surface area (Å²) >= 11 is 0. The number of hydrogen-bond donors (Lipinski definition) is 2. The fourth-order valence-corrected chi connectivity index (χ4v) is 2.87. The van der Waals surface area contributed by atoms with Gasteiger partial charge in [-0.2, -0.15) is 0 Å². The van der Waals surface area contributed by atoms with Crippen LogP contribution in [0.5, 0.6) is 5.75 Å². The Balaban J connectivity index is 1.68. The van der Waals surface area contributed by atoms with Crippen molar-refractivity contribution in [2.75, 3.05) is 7.11 Å². The molecular weight excluding hydrogens is 254 g/mol. The summed E-state index contributed by atoms with van der Waals surface area (Å²) in [4.78, 5) is 0. The molecule has 108 valence electrons. The minimum absolute atomic E-state index is 0.187. The van der Waals surface area contributed by atoms with Crippen LogP contribution >= 0.6 is 0 Å². The Bertz CT molecular complexity index is 578. The van der Waals surface area contributed by atoms with Crippen LogP contribution in [0, 0.1) is 0 Å². The molecule has 1 aliphatic carbocycles. The van der Waals surface area contributed by atoms with Crippen molar-refractivity contribution in [2.24, 2.45) is 0 Å². The predicted octanol–water partition coefficient (Wildman–Crippen LogP) is 2.83. The summed E-state index contributed by atoms with van der Waals surface area (Å²) in [5.74, 6) is 1.73. The summed E-state index contributed by atoms with van der Waals surface area (Å²) < 4.78 is 11.0. The lowest BCUT2D eigenvalue weighted by atomic mass is 9.92. The Labute approximate surface area is 118 Å². The molecule has 0 bridgehead atoms. The zero-order valence-corrected chi connectivity index (χ0v) is 11.8. The van der Waals surface area contributed by atoms with E-state index in [0.717, 1.165) is 41.7 Å². The maximum absolute atomic E-state index is 9.95. The second kappa shape index (κ2) is 5.85. The fourth-order valence-electron chi connectivity index (χ4n) is 2.87. The van der Waals surface area contributed by atoms with Crippen LogP contribution in [0.3, 0.4) is 0 Å². The minimum Gasteiger partial charge on any atom is -0.497 e. The van der Waals surface area contributed by atoms with E-state index in [1.54, 1.807) is 7.11 Å². The van der Waals surface area contributed by atoms with Gasteiger partial charge in [-0.3, -0.25) is 0 Å². The van der Waals surface area contributed by atoms with Gasteiger partial charge in [0, 0.05) is 11.4 Å². The molecule has 0 aliphatic heterocycles. The zero-order valence-electron chi connectivity index (χ0n) is 11.8. The molecule has 2 unspecified atom stereocenters. The van der Waals surface area contributed by atoms with E-state index in [1.807, 2.05) is 24.3 Å². The van der Waals surface area contributed by atoms with E-state index < -0.39 is 0 Å².